The third-order valence-electron chi connectivity index (χ3n) is 4.27. The zero-order chi connectivity index (χ0) is 16.9. The molecule has 0 atom stereocenters. The van der Waals surface area contributed by atoms with Gasteiger partial charge in [-0.1, -0.05) is 30.3 Å². The van der Waals surface area contributed by atoms with Gasteiger partial charge < -0.3 is 19.9 Å². The van der Waals surface area contributed by atoms with Gasteiger partial charge in [0, 0.05) is 13.1 Å². The normalized spacial score (nSPS) is 14.5. The smallest absolute Gasteiger partial charge is 0.126 e. The molecular weight excluding hydrogens is 314 g/mol. The topological polar surface area (TPSA) is 66.1 Å². The van der Waals surface area contributed by atoms with Crippen molar-refractivity contribution in [3.05, 3.63) is 60.7 Å². The lowest BCUT2D eigenvalue weighted by Crippen LogP contribution is -2.36. The summed E-state index contributed by atoms with van der Waals surface area (Å²) in [6, 6.07) is 14.3. The zero-order valence-corrected chi connectivity index (χ0v) is 14.0. The van der Waals surface area contributed by atoms with Gasteiger partial charge in [-0.2, -0.15) is 0 Å². The number of nitrogens with zero attached hydrogens (tertiary/aromatic N) is 3. The predicted molar refractivity (Wildman–Crippen MR) is 98.6 cm³/mol. The Balaban J connectivity index is 1.36. The van der Waals surface area contributed by atoms with Crippen molar-refractivity contribution in [1.29, 1.82) is 0 Å². The second-order valence-electron chi connectivity index (χ2n) is 5.96. The van der Waals surface area contributed by atoms with Gasteiger partial charge in [0.25, 0.3) is 0 Å². The van der Waals surface area contributed by atoms with E-state index in [-0.39, 0.29) is 0 Å². The number of aromatic amines is 1. The fourth-order valence-corrected chi connectivity index (χ4v) is 2.89. The first-order valence-corrected chi connectivity index (χ1v) is 8.50. The summed E-state index contributed by atoms with van der Waals surface area (Å²) in [7, 11) is 0. The van der Waals surface area contributed by atoms with Crippen LogP contribution in [0.2, 0.25) is 0 Å². The van der Waals surface area contributed by atoms with Crippen LogP contribution in [0.15, 0.2) is 54.9 Å². The summed E-state index contributed by atoms with van der Waals surface area (Å²) in [5, 5.41) is 3.31. The van der Waals surface area contributed by atoms with Crippen molar-refractivity contribution in [2.45, 2.75) is 6.54 Å². The minimum atomic E-state index is 0.608. The Labute approximate surface area is 146 Å². The van der Waals surface area contributed by atoms with Gasteiger partial charge in [0.05, 0.1) is 43.5 Å². The molecule has 6 heteroatoms. The van der Waals surface area contributed by atoms with Crippen molar-refractivity contribution < 1.29 is 4.74 Å². The molecule has 0 unspecified atom stereocenters. The minimum absolute atomic E-state index is 0.608. The fraction of sp³-hybridized carbons (Fsp3) is 0.263. The largest absolute Gasteiger partial charge is 0.378 e. The molecule has 3 aromatic rings. The average Bonchev–Trinajstić information content (AvgIpc) is 3.17. The van der Waals surface area contributed by atoms with Crippen LogP contribution in [0.25, 0.3) is 11.3 Å². The molecule has 0 bridgehead atoms. The van der Waals surface area contributed by atoms with Crippen molar-refractivity contribution in [3.63, 3.8) is 0 Å². The van der Waals surface area contributed by atoms with Gasteiger partial charge in [0.1, 0.15) is 11.6 Å². The van der Waals surface area contributed by atoms with E-state index in [9.17, 15) is 0 Å². The molecule has 0 saturated carbocycles. The quantitative estimate of drug-likeness (QED) is 0.750. The number of benzene rings is 1. The molecule has 3 heterocycles. The standard InChI is InChI=1S/C19H21N5O/c1-2-4-15(5-3-1)17-13-21-19(23-17)14-22-18-7-6-16(12-20-18)24-8-10-25-11-9-24/h1-7,12-13H,8-11,14H2,(H,20,22)(H,21,23). The van der Waals surface area contributed by atoms with Crippen LogP contribution in [0.3, 0.4) is 0 Å². The SMILES string of the molecule is c1ccc(-c2cnc(CNc3ccc(N4CCOCC4)cn3)[nH]2)cc1. The maximum Gasteiger partial charge on any atom is 0.126 e. The minimum Gasteiger partial charge on any atom is -0.378 e. The molecule has 0 aliphatic carbocycles. The van der Waals surface area contributed by atoms with Crippen LogP contribution in [-0.2, 0) is 11.3 Å². The van der Waals surface area contributed by atoms with Crippen molar-refractivity contribution in [3.8, 4) is 11.3 Å². The number of rotatable bonds is 5. The van der Waals surface area contributed by atoms with Gasteiger partial charge >= 0.3 is 0 Å². The third-order valence-corrected chi connectivity index (χ3v) is 4.27. The zero-order valence-electron chi connectivity index (χ0n) is 14.0. The molecule has 0 amide bonds. The van der Waals surface area contributed by atoms with E-state index in [1.807, 2.05) is 36.7 Å². The highest BCUT2D eigenvalue weighted by atomic mass is 16.5. The number of hydrogen-bond acceptors (Lipinski definition) is 5. The van der Waals surface area contributed by atoms with Gasteiger partial charge in [-0.3, -0.25) is 0 Å². The number of ether oxygens (including phenoxy) is 1. The Bertz CT molecular complexity index is 794. The number of morpholine rings is 1. The molecule has 2 N–H and O–H groups in total. The summed E-state index contributed by atoms with van der Waals surface area (Å²) in [4.78, 5) is 14.6. The Morgan fingerprint density at radius 3 is 2.60 bits per heavy atom. The fourth-order valence-electron chi connectivity index (χ4n) is 2.89. The molecule has 1 aliphatic rings. The lowest BCUT2D eigenvalue weighted by molar-refractivity contribution is 0.122. The highest BCUT2D eigenvalue weighted by Gasteiger charge is 2.11. The molecule has 0 spiro atoms. The van der Waals surface area contributed by atoms with E-state index in [2.05, 4.69) is 43.4 Å². The maximum atomic E-state index is 5.38. The maximum absolute atomic E-state index is 5.38. The summed E-state index contributed by atoms with van der Waals surface area (Å²) in [5.41, 5.74) is 3.29. The highest BCUT2D eigenvalue weighted by Crippen LogP contribution is 2.18. The predicted octanol–water partition coefficient (Wildman–Crippen LogP) is 2.92. The molecule has 128 valence electrons. The van der Waals surface area contributed by atoms with Crippen LogP contribution in [0.5, 0.6) is 0 Å². The van der Waals surface area contributed by atoms with E-state index in [1.54, 1.807) is 0 Å². The molecule has 25 heavy (non-hydrogen) atoms. The summed E-state index contributed by atoms with van der Waals surface area (Å²) in [6.45, 7) is 4.01. The van der Waals surface area contributed by atoms with Crippen LogP contribution < -0.4 is 10.2 Å². The van der Waals surface area contributed by atoms with Crippen LogP contribution >= 0.6 is 0 Å². The van der Waals surface area contributed by atoms with E-state index in [0.717, 1.165) is 54.9 Å². The van der Waals surface area contributed by atoms with Crippen LogP contribution in [0.1, 0.15) is 5.82 Å². The number of nitrogens with one attached hydrogen (secondary N) is 2. The van der Waals surface area contributed by atoms with E-state index in [1.165, 1.54) is 0 Å². The van der Waals surface area contributed by atoms with E-state index < -0.39 is 0 Å². The molecule has 2 aromatic heterocycles. The molecular formula is C19H21N5O. The summed E-state index contributed by atoms with van der Waals surface area (Å²) in [5.74, 6) is 1.73. The second-order valence-corrected chi connectivity index (χ2v) is 5.96. The van der Waals surface area contributed by atoms with E-state index >= 15 is 0 Å². The van der Waals surface area contributed by atoms with Crippen LogP contribution in [0.4, 0.5) is 11.5 Å². The second kappa shape index (κ2) is 7.36. The number of imidazole rings is 1. The van der Waals surface area contributed by atoms with Gasteiger partial charge in [-0.05, 0) is 17.7 Å². The first-order valence-electron chi connectivity index (χ1n) is 8.50. The number of pyridine rings is 1. The van der Waals surface area contributed by atoms with E-state index in [4.69, 9.17) is 4.74 Å². The number of H-pyrrole nitrogens is 1. The monoisotopic (exact) mass is 335 g/mol. The molecule has 6 nitrogen and oxygen atoms in total. The summed E-state index contributed by atoms with van der Waals surface area (Å²) < 4.78 is 5.38. The highest BCUT2D eigenvalue weighted by molar-refractivity contribution is 5.58. The number of aromatic nitrogens is 3. The third kappa shape index (κ3) is 3.80. The Kier molecular flexibility index (Phi) is 4.61. The lowest BCUT2D eigenvalue weighted by atomic mass is 10.2. The molecule has 1 aromatic carbocycles. The molecule has 1 fully saturated rings. The van der Waals surface area contributed by atoms with Crippen molar-refractivity contribution in [1.82, 2.24) is 15.0 Å². The molecule has 0 radical (unpaired) electrons. The first kappa shape index (κ1) is 15.7. The first-order chi connectivity index (χ1) is 12.4. The number of hydrogen-bond donors (Lipinski definition) is 2. The molecule has 1 aliphatic heterocycles. The summed E-state index contributed by atoms with van der Waals surface area (Å²) >= 11 is 0. The Morgan fingerprint density at radius 2 is 1.84 bits per heavy atom. The van der Waals surface area contributed by atoms with Crippen molar-refractivity contribution in [2.75, 3.05) is 36.5 Å². The van der Waals surface area contributed by atoms with Crippen LogP contribution in [0, 0.1) is 0 Å². The summed E-state index contributed by atoms with van der Waals surface area (Å²) in [6.07, 6.45) is 3.77. The van der Waals surface area contributed by atoms with Gasteiger partial charge in [-0.15, -0.1) is 0 Å². The van der Waals surface area contributed by atoms with Gasteiger partial charge in [0.15, 0.2) is 0 Å². The van der Waals surface area contributed by atoms with Crippen LogP contribution in [-0.4, -0.2) is 41.3 Å². The Hall–Kier alpha value is -2.86. The van der Waals surface area contributed by atoms with Gasteiger partial charge in [-0.25, -0.2) is 9.97 Å². The van der Waals surface area contributed by atoms with Crippen molar-refractivity contribution >= 4 is 11.5 Å². The average molecular weight is 335 g/mol. The molecule has 1 saturated heterocycles. The molecule has 4 rings (SSSR count). The number of anilines is 2. The van der Waals surface area contributed by atoms with Crippen molar-refractivity contribution in [2.24, 2.45) is 0 Å². The lowest BCUT2D eigenvalue weighted by Gasteiger charge is -2.28. The Morgan fingerprint density at radius 1 is 1.00 bits per heavy atom. The van der Waals surface area contributed by atoms with E-state index in [0.29, 0.717) is 6.54 Å². The van der Waals surface area contributed by atoms with Gasteiger partial charge in [0.2, 0.25) is 0 Å².